The van der Waals surface area contributed by atoms with Crippen LogP contribution in [0.3, 0.4) is 0 Å². The van der Waals surface area contributed by atoms with Crippen LogP contribution in [0.1, 0.15) is 12.0 Å². The molecule has 7 nitrogen and oxygen atoms in total. The number of urea groups is 1. The first-order chi connectivity index (χ1) is 8.90. The van der Waals surface area contributed by atoms with Gasteiger partial charge in [-0.15, -0.1) is 0 Å². The molecule has 0 saturated heterocycles. The molecule has 8 heteroatoms. The predicted octanol–water partition coefficient (Wildman–Crippen LogP) is 0.817. The molecule has 0 aliphatic carbocycles. The van der Waals surface area contributed by atoms with Crippen LogP contribution in [0.2, 0.25) is 0 Å². The molecule has 1 unspecified atom stereocenters. The van der Waals surface area contributed by atoms with Gasteiger partial charge in [0.15, 0.2) is 0 Å². The zero-order valence-corrected chi connectivity index (χ0v) is 11.0. The number of aliphatic carboxylic acids is 2. The molecule has 3 N–H and O–H groups in total. The van der Waals surface area contributed by atoms with Crippen molar-refractivity contribution in [1.82, 2.24) is 10.2 Å². The Labute approximate surface area is 113 Å². The highest BCUT2D eigenvalue weighted by molar-refractivity contribution is 7.07. The van der Waals surface area contributed by atoms with Crippen molar-refractivity contribution in [3.63, 3.8) is 0 Å². The Kier molecular flexibility index (Phi) is 5.31. The summed E-state index contributed by atoms with van der Waals surface area (Å²) in [7, 11) is 1.51. The van der Waals surface area contributed by atoms with Crippen LogP contribution in [0.5, 0.6) is 0 Å². The molecule has 0 aliphatic rings. The lowest BCUT2D eigenvalue weighted by atomic mass is 10.2. The van der Waals surface area contributed by atoms with E-state index in [1.807, 2.05) is 16.8 Å². The average Bonchev–Trinajstić information content (AvgIpc) is 2.79. The minimum absolute atomic E-state index is 0.328. The Balaban J connectivity index is 2.56. The zero-order chi connectivity index (χ0) is 14.4. The lowest BCUT2D eigenvalue weighted by Crippen LogP contribution is -2.47. The van der Waals surface area contributed by atoms with E-state index in [1.165, 1.54) is 23.3 Å². The molecule has 1 aromatic rings. The van der Waals surface area contributed by atoms with Gasteiger partial charge in [-0.25, -0.2) is 9.59 Å². The Morgan fingerprint density at radius 3 is 2.58 bits per heavy atom. The average molecular weight is 286 g/mol. The van der Waals surface area contributed by atoms with Crippen LogP contribution in [-0.2, 0) is 16.1 Å². The van der Waals surface area contributed by atoms with Gasteiger partial charge in [0.2, 0.25) is 0 Å². The van der Waals surface area contributed by atoms with Gasteiger partial charge in [0.1, 0.15) is 6.04 Å². The van der Waals surface area contributed by atoms with E-state index in [0.717, 1.165) is 5.56 Å². The van der Waals surface area contributed by atoms with Crippen molar-refractivity contribution in [3.05, 3.63) is 22.4 Å². The van der Waals surface area contributed by atoms with Crippen LogP contribution in [0.25, 0.3) is 0 Å². The number of carbonyl (C=O) groups excluding carboxylic acids is 1. The van der Waals surface area contributed by atoms with E-state index >= 15 is 0 Å². The van der Waals surface area contributed by atoms with Gasteiger partial charge in [-0.05, 0) is 22.4 Å². The number of amides is 2. The molecule has 1 heterocycles. The Bertz CT molecular complexity index is 460. The van der Waals surface area contributed by atoms with E-state index in [1.54, 1.807) is 0 Å². The second kappa shape index (κ2) is 6.74. The van der Waals surface area contributed by atoms with Crippen molar-refractivity contribution in [1.29, 1.82) is 0 Å². The SMILES string of the molecule is CN(Cc1ccsc1)C(=O)NC(CC(=O)O)C(=O)O. The molecule has 0 fully saturated rings. The minimum Gasteiger partial charge on any atom is -0.481 e. The Hall–Kier alpha value is -2.09. The summed E-state index contributed by atoms with van der Waals surface area (Å²) in [5, 5.41) is 23.3. The highest BCUT2D eigenvalue weighted by Gasteiger charge is 2.24. The molecule has 0 aromatic carbocycles. The lowest BCUT2D eigenvalue weighted by Gasteiger charge is -2.20. The van der Waals surface area contributed by atoms with Crippen LogP contribution in [-0.4, -0.2) is 46.2 Å². The number of carboxylic acid groups (broad SMARTS) is 2. The van der Waals surface area contributed by atoms with Crippen molar-refractivity contribution in [3.8, 4) is 0 Å². The number of hydrogen-bond acceptors (Lipinski definition) is 4. The number of nitrogens with one attached hydrogen (secondary N) is 1. The maximum absolute atomic E-state index is 11.7. The highest BCUT2D eigenvalue weighted by atomic mass is 32.1. The van der Waals surface area contributed by atoms with Gasteiger partial charge in [0.05, 0.1) is 6.42 Å². The summed E-state index contributed by atoms with van der Waals surface area (Å²) in [5.74, 6) is -2.66. The van der Waals surface area contributed by atoms with Crippen LogP contribution in [0.4, 0.5) is 4.79 Å². The summed E-state index contributed by atoms with van der Waals surface area (Å²) in [5.41, 5.74) is 0.924. The van der Waals surface area contributed by atoms with Gasteiger partial charge < -0.3 is 20.4 Å². The first kappa shape index (κ1) is 15.0. The standard InChI is InChI=1S/C11H14N2O5S/c1-13(5-7-2-3-19-6-7)11(18)12-8(10(16)17)4-9(14)15/h2-3,6,8H,4-5H2,1H3,(H,12,18)(H,14,15)(H,16,17). The summed E-state index contributed by atoms with van der Waals surface area (Å²) in [6.07, 6.45) is -0.659. The number of thiophene rings is 1. The second-order valence-corrected chi connectivity index (χ2v) is 4.71. The first-order valence-corrected chi connectivity index (χ1v) is 6.31. The molecule has 0 saturated carbocycles. The van der Waals surface area contributed by atoms with Gasteiger partial charge in [-0.2, -0.15) is 11.3 Å². The largest absolute Gasteiger partial charge is 0.481 e. The number of hydrogen-bond donors (Lipinski definition) is 3. The minimum atomic E-state index is -1.44. The van der Waals surface area contributed by atoms with Crippen molar-refractivity contribution in [2.24, 2.45) is 0 Å². The quantitative estimate of drug-likeness (QED) is 0.717. The molecule has 0 aliphatic heterocycles. The first-order valence-electron chi connectivity index (χ1n) is 5.37. The molecule has 0 spiro atoms. The number of nitrogens with zero attached hydrogens (tertiary/aromatic N) is 1. The van der Waals surface area contributed by atoms with Gasteiger partial charge in [0, 0.05) is 13.6 Å². The van der Waals surface area contributed by atoms with Crippen molar-refractivity contribution in [2.75, 3.05) is 7.05 Å². The predicted molar refractivity (Wildman–Crippen MR) is 68.0 cm³/mol. The zero-order valence-electron chi connectivity index (χ0n) is 10.2. The highest BCUT2D eigenvalue weighted by Crippen LogP contribution is 2.08. The third-order valence-corrected chi connectivity index (χ3v) is 3.05. The van der Waals surface area contributed by atoms with Crippen molar-refractivity contribution in [2.45, 2.75) is 19.0 Å². The van der Waals surface area contributed by atoms with E-state index in [4.69, 9.17) is 10.2 Å². The topological polar surface area (TPSA) is 107 Å². The third kappa shape index (κ3) is 4.96. The van der Waals surface area contributed by atoms with Crippen molar-refractivity contribution < 1.29 is 24.6 Å². The molecular formula is C11H14N2O5S. The molecular weight excluding hydrogens is 272 g/mol. The van der Waals surface area contributed by atoms with Gasteiger partial charge in [-0.3, -0.25) is 4.79 Å². The van der Waals surface area contributed by atoms with Crippen LogP contribution >= 0.6 is 11.3 Å². The number of rotatable bonds is 6. The lowest BCUT2D eigenvalue weighted by molar-refractivity contribution is -0.145. The van der Waals surface area contributed by atoms with E-state index in [9.17, 15) is 14.4 Å². The molecule has 0 bridgehead atoms. The maximum atomic E-state index is 11.7. The van der Waals surface area contributed by atoms with Crippen molar-refractivity contribution >= 4 is 29.3 Å². The van der Waals surface area contributed by atoms with E-state index < -0.39 is 30.4 Å². The number of carboxylic acids is 2. The van der Waals surface area contributed by atoms with Crippen LogP contribution in [0, 0.1) is 0 Å². The summed E-state index contributed by atoms with van der Waals surface area (Å²) in [6, 6.07) is -0.213. The van der Waals surface area contributed by atoms with Gasteiger partial charge >= 0.3 is 18.0 Å². The Morgan fingerprint density at radius 1 is 1.42 bits per heavy atom. The number of carbonyl (C=O) groups is 3. The second-order valence-electron chi connectivity index (χ2n) is 3.93. The fourth-order valence-corrected chi connectivity index (χ4v) is 2.02. The van der Waals surface area contributed by atoms with Gasteiger partial charge in [-0.1, -0.05) is 0 Å². The van der Waals surface area contributed by atoms with Gasteiger partial charge in [0.25, 0.3) is 0 Å². The summed E-state index contributed by atoms with van der Waals surface area (Å²) in [6.45, 7) is 0.328. The molecule has 1 aromatic heterocycles. The van der Waals surface area contributed by atoms with Crippen LogP contribution in [0.15, 0.2) is 16.8 Å². The normalized spacial score (nSPS) is 11.6. The third-order valence-electron chi connectivity index (χ3n) is 2.32. The summed E-state index contributed by atoms with van der Waals surface area (Å²) in [4.78, 5) is 34.3. The van der Waals surface area contributed by atoms with E-state index in [-0.39, 0.29) is 0 Å². The monoisotopic (exact) mass is 286 g/mol. The molecule has 104 valence electrons. The van der Waals surface area contributed by atoms with E-state index in [2.05, 4.69) is 5.32 Å². The molecule has 19 heavy (non-hydrogen) atoms. The fraction of sp³-hybridized carbons (Fsp3) is 0.364. The Morgan fingerprint density at radius 2 is 2.11 bits per heavy atom. The molecule has 2 amide bonds. The summed E-state index contributed by atoms with van der Waals surface area (Å²) >= 11 is 1.49. The van der Waals surface area contributed by atoms with Crippen LogP contribution < -0.4 is 5.32 Å². The molecule has 0 radical (unpaired) electrons. The van der Waals surface area contributed by atoms with E-state index in [0.29, 0.717) is 6.54 Å². The fourth-order valence-electron chi connectivity index (χ4n) is 1.36. The smallest absolute Gasteiger partial charge is 0.326 e. The maximum Gasteiger partial charge on any atom is 0.326 e. The summed E-state index contributed by atoms with van der Waals surface area (Å²) < 4.78 is 0. The molecule has 1 atom stereocenters. The molecule has 1 rings (SSSR count).